The third-order valence-electron chi connectivity index (χ3n) is 11.0. The molecule has 7 rings (SSSR count). The molecule has 0 radical (unpaired) electrons. The van der Waals surface area contributed by atoms with Gasteiger partial charge in [0, 0.05) is 51.0 Å². The summed E-state index contributed by atoms with van der Waals surface area (Å²) in [4.78, 5) is 27.5. The Kier molecular flexibility index (Phi) is 15.5. The molecule has 1 heterocycles. The Hall–Kier alpha value is -6.10. The van der Waals surface area contributed by atoms with Crippen LogP contribution in [0.5, 0.6) is 0 Å². The first kappa shape index (κ1) is 43.0. The molecule has 3 atom stereocenters. The van der Waals surface area contributed by atoms with Crippen molar-refractivity contribution < 1.29 is 24.2 Å². The maximum absolute atomic E-state index is 12.8. The van der Waals surface area contributed by atoms with E-state index < -0.39 is 6.29 Å². The number of amides is 2. The fourth-order valence-corrected chi connectivity index (χ4v) is 7.78. The summed E-state index contributed by atoms with van der Waals surface area (Å²) in [5.74, 6) is -0.0905. The SMILES string of the molecule is Nc1ccccc1NC(=O)CCCCCC(=O)NCc1cccc(-c2cccc([C@H]3O[C@@H](CN(Cc4ccccc4)Cc4ccccc4)C[C@@H](c4ccc(CO)cc4)O3)c2)c1. The molecule has 1 fully saturated rings. The average Bonchev–Trinajstić information content (AvgIpc) is 3.29. The summed E-state index contributed by atoms with van der Waals surface area (Å²) < 4.78 is 13.6. The standard InChI is InChI=1S/C52H56N4O5/c53-47-22-10-11-23-48(47)55-51(59)25-9-3-8-24-50(58)54-33-41-18-12-19-43(30-41)44-20-13-21-45(31-44)52-60-46(32-49(61-52)42-28-26-40(37-57)27-29-42)36-56(34-38-14-4-1-5-15-38)35-39-16-6-2-7-17-39/h1-2,4-7,10-23,26-31,46,49,52,57H,3,8-9,24-25,32-37,53H2,(H,54,58)(H,55,59)/t46-,49+,52+/m1/s1. The van der Waals surface area contributed by atoms with Gasteiger partial charge in [-0.3, -0.25) is 14.5 Å². The molecule has 0 aromatic heterocycles. The van der Waals surface area contributed by atoms with Crippen molar-refractivity contribution in [1.29, 1.82) is 0 Å². The fraction of sp³-hybridized carbons (Fsp3) is 0.269. The number of para-hydroxylation sites is 2. The number of nitrogen functional groups attached to an aromatic ring is 1. The van der Waals surface area contributed by atoms with Crippen molar-refractivity contribution in [1.82, 2.24) is 10.2 Å². The Labute approximate surface area is 359 Å². The number of benzene rings is 6. The highest BCUT2D eigenvalue weighted by molar-refractivity contribution is 5.93. The summed E-state index contributed by atoms with van der Waals surface area (Å²) >= 11 is 0. The number of ether oxygens (including phenoxy) is 2. The van der Waals surface area contributed by atoms with Crippen LogP contribution in [0.4, 0.5) is 11.4 Å². The molecule has 6 aromatic rings. The van der Waals surface area contributed by atoms with Gasteiger partial charge in [-0.1, -0.05) is 140 Å². The van der Waals surface area contributed by atoms with Crippen LogP contribution in [0.3, 0.4) is 0 Å². The molecule has 9 nitrogen and oxygen atoms in total. The van der Waals surface area contributed by atoms with Crippen molar-refractivity contribution in [3.8, 4) is 11.1 Å². The molecule has 0 aliphatic carbocycles. The lowest BCUT2D eigenvalue weighted by atomic mass is 9.98. The predicted octanol–water partition coefficient (Wildman–Crippen LogP) is 9.88. The first-order valence-corrected chi connectivity index (χ1v) is 21.3. The van der Waals surface area contributed by atoms with Gasteiger partial charge in [0.2, 0.25) is 11.8 Å². The van der Waals surface area contributed by atoms with Gasteiger partial charge in [0.1, 0.15) is 0 Å². The van der Waals surface area contributed by atoms with E-state index in [-0.39, 0.29) is 30.6 Å². The second kappa shape index (κ2) is 21.9. The monoisotopic (exact) mass is 816 g/mol. The van der Waals surface area contributed by atoms with Crippen LogP contribution in [0, 0.1) is 0 Å². The highest BCUT2D eigenvalue weighted by Crippen LogP contribution is 2.39. The minimum atomic E-state index is -0.601. The van der Waals surface area contributed by atoms with Crippen LogP contribution < -0.4 is 16.4 Å². The number of aliphatic hydroxyl groups excluding tert-OH is 1. The number of carbonyl (C=O) groups excluding carboxylic acids is 2. The third-order valence-corrected chi connectivity index (χ3v) is 11.0. The highest BCUT2D eigenvalue weighted by atomic mass is 16.7. The smallest absolute Gasteiger partial charge is 0.224 e. The zero-order chi connectivity index (χ0) is 42.2. The van der Waals surface area contributed by atoms with Gasteiger partial charge < -0.3 is 30.9 Å². The Morgan fingerprint density at radius 1 is 0.623 bits per heavy atom. The largest absolute Gasteiger partial charge is 0.397 e. The molecule has 314 valence electrons. The van der Waals surface area contributed by atoms with Gasteiger partial charge in [-0.25, -0.2) is 0 Å². The molecule has 0 saturated carbocycles. The number of carbonyl (C=O) groups is 2. The summed E-state index contributed by atoms with van der Waals surface area (Å²) in [6, 6.07) is 52.9. The van der Waals surface area contributed by atoms with Gasteiger partial charge in [0.25, 0.3) is 0 Å². The molecule has 61 heavy (non-hydrogen) atoms. The van der Waals surface area contributed by atoms with Gasteiger partial charge >= 0.3 is 0 Å². The number of aliphatic hydroxyl groups is 1. The molecule has 1 aliphatic rings. The molecule has 1 saturated heterocycles. The first-order chi connectivity index (χ1) is 29.9. The number of hydrogen-bond acceptors (Lipinski definition) is 7. The number of anilines is 2. The molecule has 0 unspecified atom stereocenters. The van der Waals surface area contributed by atoms with Crippen molar-refractivity contribution in [2.45, 2.75) is 83.3 Å². The minimum Gasteiger partial charge on any atom is -0.397 e. The Balaban J connectivity index is 0.983. The molecular formula is C52H56N4O5. The summed E-state index contributed by atoms with van der Waals surface area (Å²) in [7, 11) is 0. The van der Waals surface area contributed by atoms with Crippen molar-refractivity contribution in [2.24, 2.45) is 0 Å². The highest BCUT2D eigenvalue weighted by Gasteiger charge is 2.33. The van der Waals surface area contributed by atoms with Gasteiger partial charge in [-0.15, -0.1) is 0 Å². The fourth-order valence-electron chi connectivity index (χ4n) is 7.78. The Morgan fingerprint density at radius 2 is 1.25 bits per heavy atom. The normalized spacial score (nSPS) is 16.3. The molecular weight excluding hydrogens is 761 g/mol. The van der Waals surface area contributed by atoms with Crippen LogP contribution in [0.1, 0.15) is 84.3 Å². The lowest BCUT2D eigenvalue weighted by Gasteiger charge is -2.38. The zero-order valence-corrected chi connectivity index (χ0v) is 34.6. The molecule has 9 heteroatoms. The summed E-state index contributed by atoms with van der Waals surface area (Å²) in [6.45, 7) is 2.70. The number of nitrogens with zero attached hydrogens (tertiary/aromatic N) is 1. The van der Waals surface area contributed by atoms with E-state index in [9.17, 15) is 14.7 Å². The van der Waals surface area contributed by atoms with Crippen LogP contribution in [-0.4, -0.2) is 34.5 Å². The molecule has 5 N–H and O–H groups in total. The van der Waals surface area contributed by atoms with Gasteiger partial charge in [0.15, 0.2) is 6.29 Å². The summed E-state index contributed by atoms with van der Waals surface area (Å²) in [5.41, 5.74) is 15.5. The van der Waals surface area contributed by atoms with E-state index in [1.807, 2.05) is 66.7 Å². The molecule has 6 aromatic carbocycles. The topological polar surface area (TPSA) is 126 Å². The number of rotatable bonds is 19. The third kappa shape index (κ3) is 12.9. The molecule has 0 bridgehead atoms. The molecule has 2 amide bonds. The lowest BCUT2D eigenvalue weighted by Crippen LogP contribution is -2.39. The van der Waals surface area contributed by atoms with E-state index in [2.05, 4.69) is 94.4 Å². The van der Waals surface area contributed by atoms with Crippen LogP contribution in [0.25, 0.3) is 11.1 Å². The van der Waals surface area contributed by atoms with Gasteiger partial charge in [-0.2, -0.15) is 0 Å². The van der Waals surface area contributed by atoms with Crippen molar-refractivity contribution in [3.63, 3.8) is 0 Å². The number of unbranched alkanes of at least 4 members (excludes halogenated alkanes) is 2. The zero-order valence-electron chi connectivity index (χ0n) is 34.6. The van der Waals surface area contributed by atoms with Crippen LogP contribution in [0.2, 0.25) is 0 Å². The summed E-state index contributed by atoms with van der Waals surface area (Å²) in [6.07, 6.45) is 2.72. The van der Waals surface area contributed by atoms with Crippen molar-refractivity contribution in [3.05, 3.63) is 191 Å². The van der Waals surface area contributed by atoms with E-state index in [1.165, 1.54) is 11.1 Å². The van der Waals surface area contributed by atoms with E-state index in [0.717, 1.165) is 52.9 Å². The maximum atomic E-state index is 12.8. The predicted molar refractivity (Wildman–Crippen MR) is 242 cm³/mol. The number of nitrogens with one attached hydrogen (secondary N) is 2. The summed E-state index contributed by atoms with van der Waals surface area (Å²) in [5, 5.41) is 15.6. The molecule has 0 spiro atoms. The van der Waals surface area contributed by atoms with E-state index in [0.29, 0.717) is 56.6 Å². The number of hydrogen-bond donors (Lipinski definition) is 4. The van der Waals surface area contributed by atoms with Crippen LogP contribution in [0.15, 0.2) is 158 Å². The second-order valence-corrected chi connectivity index (χ2v) is 15.8. The first-order valence-electron chi connectivity index (χ1n) is 21.3. The average molecular weight is 817 g/mol. The Morgan fingerprint density at radius 3 is 1.93 bits per heavy atom. The van der Waals surface area contributed by atoms with Crippen molar-refractivity contribution >= 4 is 23.2 Å². The minimum absolute atomic E-state index is 0.00990. The van der Waals surface area contributed by atoms with E-state index in [4.69, 9.17) is 15.2 Å². The molecule has 1 aliphatic heterocycles. The maximum Gasteiger partial charge on any atom is 0.224 e. The Bertz CT molecular complexity index is 2260. The van der Waals surface area contributed by atoms with Crippen LogP contribution in [-0.2, 0) is 45.3 Å². The van der Waals surface area contributed by atoms with E-state index in [1.54, 1.807) is 12.1 Å². The van der Waals surface area contributed by atoms with Gasteiger partial charge in [-0.05, 0) is 76.1 Å². The van der Waals surface area contributed by atoms with Crippen molar-refractivity contribution in [2.75, 3.05) is 17.6 Å². The second-order valence-electron chi connectivity index (χ2n) is 15.8. The van der Waals surface area contributed by atoms with E-state index >= 15 is 0 Å². The quantitative estimate of drug-likeness (QED) is 0.0474. The number of nitrogens with two attached hydrogens (primary N) is 1. The lowest BCUT2D eigenvalue weighted by molar-refractivity contribution is -0.253. The van der Waals surface area contributed by atoms with Gasteiger partial charge in [0.05, 0.1) is 30.2 Å². The van der Waals surface area contributed by atoms with Crippen LogP contribution >= 0.6 is 0 Å².